The number of hydrogen-bond acceptors (Lipinski definition) is 5. The predicted molar refractivity (Wildman–Crippen MR) is 82.0 cm³/mol. The number of nitro groups is 1. The molecule has 0 unspecified atom stereocenters. The summed E-state index contributed by atoms with van der Waals surface area (Å²) in [6, 6.07) is 2.04. The zero-order valence-electron chi connectivity index (χ0n) is 13.6. The Morgan fingerprint density at radius 3 is 2.23 bits per heavy atom. The highest BCUT2D eigenvalue weighted by atomic mass is 32.2. The fourth-order valence-corrected chi connectivity index (χ4v) is 4.52. The number of nitrogens with zero attached hydrogens (tertiary/aromatic N) is 2. The molecule has 1 fully saturated rings. The normalized spacial score (nSPS) is 21.7. The predicted octanol–water partition coefficient (Wildman–Crippen LogP) is 2.10. The topological polar surface area (TPSA) is 118 Å². The lowest BCUT2D eigenvalue weighted by Crippen LogP contribution is -2.34. The summed E-state index contributed by atoms with van der Waals surface area (Å²) in [5.74, 6) is -6.14. The summed E-state index contributed by atoms with van der Waals surface area (Å²) < 4.78 is 65.0. The molecule has 1 N–H and O–H groups in total. The van der Waals surface area contributed by atoms with Crippen LogP contribution in [0.15, 0.2) is 17.0 Å². The number of benzene rings is 1. The highest BCUT2D eigenvalue weighted by Gasteiger charge is 2.55. The molecule has 0 amide bonds. The van der Waals surface area contributed by atoms with Gasteiger partial charge in [0.1, 0.15) is 0 Å². The average molecular weight is 396 g/mol. The number of carbonyl (C=O) groups is 1. The first-order valence-corrected chi connectivity index (χ1v) is 8.76. The molecule has 2 rings (SSSR count). The molecule has 0 bridgehead atoms. The Morgan fingerprint density at radius 2 is 1.81 bits per heavy atom. The van der Waals surface area contributed by atoms with E-state index in [4.69, 9.17) is 5.11 Å². The minimum Gasteiger partial charge on any atom is -0.481 e. The first kappa shape index (κ1) is 20.1. The number of aryl methyl sites for hydroxylation is 2. The summed E-state index contributed by atoms with van der Waals surface area (Å²) in [6.07, 6.45) is -4.91. The number of rotatable bonds is 4. The second kappa shape index (κ2) is 6.50. The molecular formula is C14H15F3N2O6S. The molecule has 0 radical (unpaired) electrons. The molecule has 2 atom stereocenters. The SMILES string of the molecule is Cc1cc([N+](=O)[O-])c(S(=O)(=O)N2C[C@@H](C(F)(F)F)[C@H](C(=O)O)C2)cc1C. The molecule has 1 aliphatic rings. The van der Waals surface area contributed by atoms with Crippen LogP contribution in [-0.2, 0) is 14.8 Å². The first-order chi connectivity index (χ1) is 11.8. The Kier molecular flexibility index (Phi) is 5.03. The number of nitro benzene ring substituents is 1. The molecule has 1 aliphatic heterocycles. The van der Waals surface area contributed by atoms with Crippen LogP contribution in [0.4, 0.5) is 18.9 Å². The lowest BCUT2D eigenvalue weighted by Gasteiger charge is -2.18. The molecule has 1 heterocycles. The molecule has 1 aromatic carbocycles. The molecule has 0 saturated carbocycles. The van der Waals surface area contributed by atoms with Crippen LogP contribution in [-0.4, -0.2) is 48.0 Å². The quantitative estimate of drug-likeness (QED) is 0.615. The summed E-state index contributed by atoms with van der Waals surface area (Å²) >= 11 is 0. The number of carboxylic acid groups (broad SMARTS) is 1. The number of halogens is 3. The highest BCUT2D eigenvalue weighted by Crippen LogP contribution is 2.41. The summed E-state index contributed by atoms with van der Waals surface area (Å²) in [5.41, 5.74) is 0.0691. The van der Waals surface area contributed by atoms with Crippen LogP contribution in [0.2, 0.25) is 0 Å². The summed E-state index contributed by atoms with van der Waals surface area (Å²) in [5, 5.41) is 20.2. The molecular weight excluding hydrogens is 381 g/mol. The van der Waals surface area contributed by atoms with Gasteiger partial charge in [0.2, 0.25) is 10.0 Å². The van der Waals surface area contributed by atoms with Crippen LogP contribution < -0.4 is 0 Å². The van der Waals surface area contributed by atoms with E-state index in [2.05, 4.69) is 0 Å². The van der Waals surface area contributed by atoms with E-state index in [1.165, 1.54) is 13.8 Å². The zero-order chi connectivity index (χ0) is 20.0. The van der Waals surface area contributed by atoms with Crippen LogP contribution in [0.25, 0.3) is 0 Å². The van der Waals surface area contributed by atoms with Gasteiger partial charge >= 0.3 is 12.1 Å². The second-order valence-corrected chi connectivity index (χ2v) is 7.98. The third-order valence-electron chi connectivity index (χ3n) is 4.41. The highest BCUT2D eigenvalue weighted by molar-refractivity contribution is 7.89. The lowest BCUT2D eigenvalue weighted by molar-refractivity contribution is -0.387. The van der Waals surface area contributed by atoms with E-state index in [-0.39, 0.29) is 0 Å². The molecule has 12 heteroatoms. The van der Waals surface area contributed by atoms with Crippen LogP contribution in [0.3, 0.4) is 0 Å². The monoisotopic (exact) mass is 396 g/mol. The van der Waals surface area contributed by atoms with Gasteiger partial charge in [-0.2, -0.15) is 17.5 Å². The number of sulfonamides is 1. The van der Waals surface area contributed by atoms with Gasteiger partial charge in [-0.3, -0.25) is 14.9 Å². The van der Waals surface area contributed by atoms with E-state index in [9.17, 15) is 36.5 Å². The van der Waals surface area contributed by atoms with Gasteiger partial charge in [-0.25, -0.2) is 8.42 Å². The van der Waals surface area contributed by atoms with Crippen LogP contribution in [0.5, 0.6) is 0 Å². The molecule has 0 aromatic heterocycles. The van der Waals surface area contributed by atoms with Crippen molar-refractivity contribution in [1.29, 1.82) is 0 Å². The van der Waals surface area contributed by atoms with Crippen LogP contribution in [0, 0.1) is 35.8 Å². The van der Waals surface area contributed by atoms with E-state index >= 15 is 0 Å². The third-order valence-corrected chi connectivity index (χ3v) is 6.27. The van der Waals surface area contributed by atoms with Gasteiger partial charge in [0.25, 0.3) is 5.69 Å². The molecule has 0 aliphatic carbocycles. The maximum absolute atomic E-state index is 13.1. The van der Waals surface area contributed by atoms with Gasteiger partial charge in [0.15, 0.2) is 4.90 Å². The number of alkyl halides is 3. The van der Waals surface area contributed by atoms with E-state index in [0.29, 0.717) is 15.4 Å². The van der Waals surface area contributed by atoms with Gasteiger partial charge in [-0.1, -0.05) is 0 Å². The van der Waals surface area contributed by atoms with Crippen LogP contribution >= 0.6 is 0 Å². The molecule has 0 spiro atoms. The summed E-state index contributed by atoms with van der Waals surface area (Å²) in [6.45, 7) is 1.01. The molecule has 26 heavy (non-hydrogen) atoms. The van der Waals surface area contributed by atoms with Crippen molar-refractivity contribution in [2.45, 2.75) is 24.9 Å². The summed E-state index contributed by atoms with van der Waals surface area (Å²) in [4.78, 5) is 20.6. The van der Waals surface area contributed by atoms with E-state index < -0.39 is 62.6 Å². The smallest absolute Gasteiger partial charge is 0.393 e. The van der Waals surface area contributed by atoms with Gasteiger partial charge in [-0.05, 0) is 31.0 Å². The molecule has 1 saturated heterocycles. The van der Waals surface area contributed by atoms with Crippen molar-refractivity contribution in [3.05, 3.63) is 33.4 Å². The number of hydrogen-bond donors (Lipinski definition) is 1. The van der Waals surface area contributed by atoms with E-state index in [1.807, 2.05) is 0 Å². The largest absolute Gasteiger partial charge is 0.481 e. The number of aliphatic carboxylic acids is 1. The maximum Gasteiger partial charge on any atom is 0.393 e. The van der Waals surface area contributed by atoms with Gasteiger partial charge < -0.3 is 5.11 Å². The average Bonchev–Trinajstić information content (AvgIpc) is 2.95. The molecule has 1 aromatic rings. The minimum absolute atomic E-state index is 0.348. The Bertz CT molecular complexity index is 868. The van der Waals surface area contributed by atoms with Crippen molar-refractivity contribution < 1.29 is 36.4 Å². The molecule has 8 nitrogen and oxygen atoms in total. The van der Waals surface area contributed by atoms with Crippen molar-refractivity contribution in [3.8, 4) is 0 Å². The lowest BCUT2D eigenvalue weighted by atomic mass is 9.96. The Balaban J connectivity index is 2.54. The van der Waals surface area contributed by atoms with Crippen LogP contribution in [0.1, 0.15) is 11.1 Å². The van der Waals surface area contributed by atoms with Crippen molar-refractivity contribution in [3.63, 3.8) is 0 Å². The third kappa shape index (κ3) is 3.51. The summed E-state index contributed by atoms with van der Waals surface area (Å²) in [7, 11) is -4.68. The van der Waals surface area contributed by atoms with Crippen molar-refractivity contribution in [2.24, 2.45) is 11.8 Å². The minimum atomic E-state index is -4.91. The van der Waals surface area contributed by atoms with Gasteiger partial charge in [0.05, 0.1) is 16.8 Å². The number of carboxylic acids is 1. The molecule has 144 valence electrons. The maximum atomic E-state index is 13.1. The van der Waals surface area contributed by atoms with Crippen molar-refractivity contribution in [2.75, 3.05) is 13.1 Å². The Labute approximate surface area is 146 Å². The van der Waals surface area contributed by atoms with E-state index in [0.717, 1.165) is 12.1 Å². The van der Waals surface area contributed by atoms with Crippen molar-refractivity contribution in [1.82, 2.24) is 4.31 Å². The Hall–Kier alpha value is -2.21. The van der Waals surface area contributed by atoms with E-state index in [1.54, 1.807) is 0 Å². The first-order valence-electron chi connectivity index (χ1n) is 7.32. The van der Waals surface area contributed by atoms with Gasteiger partial charge in [-0.15, -0.1) is 0 Å². The fourth-order valence-electron chi connectivity index (χ4n) is 2.81. The van der Waals surface area contributed by atoms with Crippen molar-refractivity contribution >= 4 is 21.7 Å². The fraction of sp³-hybridized carbons (Fsp3) is 0.500. The zero-order valence-corrected chi connectivity index (χ0v) is 14.5. The Morgan fingerprint density at radius 1 is 1.27 bits per heavy atom. The van der Waals surface area contributed by atoms with Gasteiger partial charge in [0, 0.05) is 19.2 Å². The standard InChI is InChI=1S/C14H15F3N2O6S/c1-7-3-11(19(22)23)12(4-8(7)2)26(24,25)18-5-9(13(20)21)10(6-18)14(15,16)17/h3-4,9-10H,5-6H2,1-2H3,(H,20,21)/t9-,10-/m1/s1. The second-order valence-electron chi connectivity index (χ2n) is 6.08.